The summed E-state index contributed by atoms with van der Waals surface area (Å²) in [6.45, 7) is 6.65. The van der Waals surface area contributed by atoms with E-state index in [1.54, 1.807) is 11.1 Å². The Kier molecular flexibility index (Phi) is 7.13. The van der Waals surface area contributed by atoms with Crippen molar-refractivity contribution in [2.75, 3.05) is 18.4 Å². The van der Waals surface area contributed by atoms with E-state index in [1.807, 2.05) is 51.1 Å². The molecular weight excluding hydrogens is 334 g/mol. The van der Waals surface area contributed by atoms with Gasteiger partial charge in [0.05, 0.1) is 6.54 Å². The van der Waals surface area contributed by atoms with E-state index in [-0.39, 0.29) is 18.4 Å². The molecule has 0 unspecified atom stereocenters. The second kappa shape index (κ2) is 9.32. The van der Waals surface area contributed by atoms with Crippen molar-refractivity contribution < 1.29 is 9.59 Å². The average Bonchev–Trinajstić information content (AvgIpc) is 2.97. The molecule has 0 aliphatic carbocycles. The van der Waals surface area contributed by atoms with Crippen molar-refractivity contribution in [3.63, 3.8) is 0 Å². The molecule has 0 radical (unpaired) electrons. The lowest BCUT2D eigenvalue weighted by molar-refractivity contribution is -0.135. The van der Waals surface area contributed by atoms with E-state index in [9.17, 15) is 9.59 Å². The lowest BCUT2D eigenvalue weighted by atomic mass is 10.1. The summed E-state index contributed by atoms with van der Waals surface area (Å²) in [7, 11) is 0. The molecule has 2 aromatic rings. The van der Waals surface area contributed by atoms with Crippen LogP contribution in [0, 0.1) is 12.8 Å². The number of thiazole rings is 1. The number of hydrogen-bond donors (Lipinski definition) is 1. The first-order valence-electron chi connectivity index (χ1n) is 8.48. The second-order valence-corrected chi connectivity index (χ2v) is 7.71. The lowest BCUT2D eigenvalue weighted by Gasteiger charge is -2.24. The van der Waals surface area contributed by atoms with Gasteiger partial charge in [-0.2, -0.15) is 0 Å². The highest BCUT2D eigenvalue weighted by molar-refractivity contribution is 7.15. The summed E-state index contributed by atoms with van der Waals surface area (Å²) < 4.78 is 0. The summed E-state index contributed by atoms with van der Waals surface area (Å²) >= 11 is 1.43. The minimum atomic E-state index is -0.205. The van der Waals surface area contributed by atoms with Crippen LogP contribution < -0.4 is 5.32 Å². The molecule has 134 valence electrons. The van der Waals surface area contributed by atoms with Crippen molar-refractivity contribution in [3.05, 3.63) is 47.0 Å². The van der Waals surface area contributed by atoms with Crippen molar-refractivity contribution >= 4 is 28.3 Å². The van der Waals surface area contributed by atoms with Gasteiger partial charge in [0.25, 0.3) is 0 Å². The highest BCUT2D eigenvalue weighted by Gasteiger charge is 2.19. The van der Waals surface area contributed by atoms with E-state index >= 15 is 0 Å². The number of nitrogens with zero attached hydrogens (tertiary/aromatic N) is 2. The maximum atomic E-state index is 12.6. The molecule has 0 aliphatic heterocycles. The van der Waals surface area contributed by atoms with E-state index in [1.165, 1.54) is 11.3 Å². The maximum absolute atomic E-state index is 12.6. The second-order valence-electron chi connectivity index (χ2n) is 6.48. The third-order valence-corrected chi connectivity index (χ3v) is 4.44. The van der Waals surface area contributed by atoms with Crippen LogP contribution in [-0.4, -0.2) is 34.8 Å². The van der Waals surface area contributed by atoms with Gasteiger partial charge in [-0.1, -0.05) is 44.2 Å². The normalized spacial score (nSPS) is 10.7. The summed E-state index contributed by atoms with van der Waals surface area (Å²) in [5.74, 6) is 0.0988. The van der Waals surface area contributed by atoms with Crippen molar-refractivity contribution in [1.29, 1.82) is 0 Å². The maximum Gasteiger partial charge on any atom is 0.245 e. The summed E-state index contributed by atoms with van der Waals surface area (Å²) in [4.78, 5) is 31.6. The third-order valence-electron chi connectivity index (χ3n) is 3.61. The Morgan fingerprint density at radius 3 is 2.56 bits per heavy atom. The number of aromatic nitrogens is 1. The first kappa shape index (κ1) is 19.1. The topological polar surface area (TPSA) is 62.3 Å². The molecule has 0 fully saturated rings. The lowest BCUT2D eigenvalue weighted by Crippen LogP contribution is -2.40. The van der Waals surface area contributed by atoms with E-state index in [0.717, 1.165) is 10.4 Å². The molecule has 1 heterocycles. The Bertz CT molecular complexity index is 698. The van der Waals surface area contributed by atoms with Crippen LogP contribution in [0.3, 0.4) is 0 Å². The fourth-order valence-electron chi connectivity index (χ4n) is 2.49. The van der Waals surface area contributed by atoms with Gasteiger partial charge in [0.1, 0.15) is 0 Å². The van der Waals surface area contributed by atoms with Crippen LogP contribution in [0.25, 0.3) is 0 Å². The van der Waals surface area contributed by atoms with Crippen molar-refractivity contribution in [2.24, 2.45) is 5.92 Å². The third kappa shape index (κ3) is 6.66. The zero-order chi connectivity index (χ0) is 18.2. The molecule has 0 bridgehead atoms. The minimum absolute atomic E-state index is 0.00280. The molecule has 5 nitrogen and oxygen atoms in total. The summed E-state index contributed by atoms with van der Waals surface area (Å²) in [5, 5.41) is 3.34. The smallest absolute Gasteiger partial charge is 0.245 e. The Hall–Kier alpha value is -2.21. The van der Waals surface area contributed by atoms with Crippen LogP contribution in [0.4, 0.5) is 5.13 Å². The standard InChI is InChI=1S/C19H25N3O2S/c1-14(2)12-22(13-17(23)21-19-20-11-15(3)25-19)18(24)10-9-16-7-5-4-6-8-16/h4-8,11,14H,9-10,12-13H2,1-3H3,(H,20,21,23). The molecule has 2 amide bonds. The molecule has 6 heteroatoms. The molecule has 0 aliphatic rings. The monoisotopic (exact) mass is 359 g/mol. The van der Waals surface area contributed by atoms with Gasteiger partial charge in [-0.05, 0) is 24.8 Å². The van der Waals surface area contributed by atoms with Crippen LogP contribution >= 0.6 is 11.3 Å². The SMILES string of the molecule is Cc1cnc(NC(=O)CN(CC(C)C)C(=O)CCc2ccccc2)s1. The summed E-state index contributed by atoms with van der Waals surface area (Å²) in [5.41, 5.74) is 1.13. The number of carbonyl (C=O) groups excluding carboxylic acids is 2. The zero-order valence-electron chi connectivity index (χ0n) is 15.0. The zero-order valence-corrected chi connectivity index (χ0v) is 15.8. The van der Waals surface area contributed by atoms with Crippen LogP contribution in [0.15, 0.2) is 36.5 Å². The van der Waals surface area contributed by atoms with E-state index < -0.39 is 0 Å². The number of aryl methyl sites for hydroxylation is 2. The highest BCUT2D eigenvalue weighted by Crippen LogP contribution is 2.16. The van der Waals surface area contributed by atoms with E-state index in [2.05, 4.69) is 10.3 Å². The van der Waals surface area contributed by atoms with Gasteiger partial charge >= 0.3 is 0 Å². The quantitative estimate of drug-likeness (QED) is 0.784. The van der Waals surface area contributed by atoms with Crippen molar-refractivity contribution in [2.45, 2.75) is 33.6 Å². The molecule has 0 spiro atoms. The first-order valence-corrected chi connectivity index (χ1v) is 9.29. The first-order chi connectivity index (χ1) is 11.9. The number of carbonyl (C=O) groups is 2. The predicted octanol–water partition coefficient (Wildman–Crippen LogP) is 3.51. The average molecular weight is 359 g/mol. The number of nitrogens with one attached hydrogen (secondary N) is 1. The number of benzene rings is 1. The predicted molar refractivity (Wildman–Crippen MR) is 102 cm³/mol. The van der Waals surface area contributed by atoms with Crippen LogP contribution in [0.5, 0.6) is 0 Å². The Morgan fingerprint density at radius 2 is 1.96 bits per heavy atom. The number of hydrogen-bond acceptors (Lipinski definition) is 4. The molecule has 2 rings (SSSR count). The van der Waals surface area contributed by atoms with Gasteiger partial charge in [0.2, 0.25) is 11.8 Å². The van der Waals surface area contributed by atoms with Crippen LogP contribution in [-0.2, 0) is 16.0 Å². The van der Waals surface area contributed by atoms with Gasteiger partial charge in [0.15, 0.2) is 5.13 Å². The largest absolute Gasteiger partial charge is 0.333 e. The Labute approximate surface area is 153 Å². The van der Waals surface area contributed by atoms with Crippen molar-refractivity contribution in [1.82, 2.24) is 9.88 Å². The van der Waals surface area contributed by atoms with Gasteiger partial charge in [-0.25, -0.2) is 4.98 Å². The number of anilines is 1. The molecule has 0 saturated carbocycles. The Morgan fingerprint density at radius 1 is 1.24 bits per heavy atom. The summed E-state index contributed by atoms with van der Waals surface area (Å²) in [6, 6.07) is 9.92. The number of amides is 2. The summed E-state index contributed by atoms with van der Waals surface area (Å²) in [6.07, 6.45) is 2.80. The van der Waals surface area contributed by atoms with Gasteiger partial charge in [-0.15, -0.1) is 11.3 Å². The van der Waals surface area contributed by atoms with Crippen LogP contribution in [0.2, 0.25) is 0 Å². The van der Waals surface area contributed by atoms with Gasteiger partial charge in [-0.3, -0.25) is 9.59 Å². The molecule has 25 heavy (non-hydrogen) atoms. The molecule has 0 saturated heterocycles. The van der Waals surface area contributed by atoms with E-state index in [4.69, 9.17) is 0 Å². The number of rotatable bonds is 8. The fourth-order valence-corrected chi connectivity index (χ4v) is 3.17. The molecular formula is C19H25N3O2S. The molecule has 1 aromatic carbocycles. The van der Waals surface area contributed by atoms with Crippen molar-refractivity contribution in [3.8, 4) is 0 Å². The molecule has 1 N–H and O–H groups in total. The minimum Gasteiger partial charge on any atom is -0.333 e. The van der Waals surface area contributed by atoms with E-state index in [0.29, 0.717) is 30.4 Å². The van der Waals surface area contributed by atoms with Crippen LogP contribution in [0.1, 0.15) is 30.7 Å². The van der Waals surface area contributed by atoms with Gasteiger partial charge < -0.3 is 10.2 Å². The van der Waals surface area contributed by atoms with Gasteiger partial charge in [0, 0.05) is 24.0 Å². The fraction of sp³-hybridized carbons (Fsp3) is 0.421. The molecule has 0 atom stereocenters. The highest BCUT2D eigenvalue weighted by atomic mass is 32.1. The Balaban J connectivity index is 1.92. The molecule has 1 aromatic heterocycles.